The molecule has 0 amide bonds. The monoisotopic (exact) mass is 342 g/mol. The molecule has 0 saturated heterocycles. The second-order valence-electron chi connectivity index (χ2n) is 6.26. The molecule has 0 aliphatic heterocycles. The summed E-state index contributed by atoms with van der Waals surface area (Å²) in [5.41, 5.74) is 3.17. The van der Waals surface area contributed by atoms with Gasteiger partial charge in [0.2, 0.25) is 10.1 Å². The van der Waals surface area contributed by atoms with Gasteiger partial charge in [0.1, 0.15) is 0 Å². The fourth-order valence-corrected chi connectivity index (χ4v) is 3.63. The molecule has 0 radical (unpaired) electrons. The van der Waals surface area contributed by atoms with Gasteiger partial charge in [0, 0.05) is 11.8 Å². The van der Waals surface area contributed by atoms with Crippen LogP contribution in [0.1, 0.15) is 43.6 Å². The van der Waals surface area contributed by atoms with E-state index in [-0.39, 0.29) is 11.6 Å². The van der Waals surface area contributed by atoms with Crippen LogP contribution < -0.4 is 10.9 Å². The minimum Gasteiger partial charge on any atom is -0.353 e. The van der Waals surface area contributed by atoms with Crippen LogP contribution in [0.5, 0.6) is 0 Å². The van der Waals surface area contributed by atoms with E-state index >= 15 is 0 Å². The summed E-state index contributed by atoms with van der Waals surface area (Å²) in [4.78, 5) is 17.3. The highest BCUT2D eigenvalue weighted by molar-refractivity contribution is 7.20. The molecule has 6 heteroatoms. The van der Waals surface area contributed by atoms with Crippen LogP contribution in [0.25, 0.3) is 4.96 Å². The second-order valence-corrected chi connectivity index (χ2v) is 7.22. The van der Waals surface area contributed by atoms with Crippen molar-refractivity contribution in [3.05, 3.63) is 57.5 Å². The Kier molecular flexibility index (Phi) is 4.66. The van der Waals surface area contributed by atoms with Gasteiger partial charge in [-0.3, -0.25) is 4.79 Å². The normalized spacial score (nSPS) is 12.7. The molecule has 1 unspecified atom stereocenters. The van der Waals surface area contributed by atoms with Gasteiger partial charge in [-0.25, -0.2) is 4.98 Å². The molecule has 1 N–H and O–H groups in total. The van der Waals surface area contributed by atoms with E-state index < -0.39 is 0 Å². The fourth-order valence-electron chi connectivity index (χ4n) is 2.77. The zero-order chi connectivity index (χ0) is 17.3. The highest BCUT2D eigenvalue weighted by Crippen LogP contribution is 2.30. The van der Waals surface area contributed by atoms with E-state index in [1.54, 1.807) is 6.07 Å². The second kappa shape index (κ2) is 6.73. The highest BCUT2D eigenvalue weighted by Gasteiger charge is 2.19. The molecule has 5 nitrogen and oxygen atoms in total. The summed E-state index contributed by atoms with van der Waals surface area (Å²) in [6, 6.07) is 10.0. The average molecular weight is 342 g/mol. The van der Waals surface area contributed by atoms with Gasteiger partial charge in [-0.15, -0.1) is 5.10 Å². The summed E-state index contributed by atoms with van der Waals surface area (Å²) in [5.74, 6) is 0.383. The van der Waals surface area contributed by atoms with Gasteiger partial charge in [0.05, 0.1) is 6.04 Å². The summed E-state index contributed by atoms with van der Waals surface area (Å²) >= 11 is 1.42. The van der Waals surface area contributed by atoms with Crippen LogP contribution in [0.3, 0.4) is 0 Å². The molecule has 1 aromatic carbocycles. The van der Waals surface area contributed by atoms with Crippen LogP contribution in [0.2, 0.25) is 0 Å². The van der Waals surface area contributed by atoms with Gasteiger partial charge in [0.15, 0.2) is 0 Å². The van der Waals surface area contributed by atoms with Crippen LogP contribution in [-0.2, 0) is 6.42 Å². The molecule has 0 aliphatic carbocycles. The van der Waals surface area contributed by atoms with Gasteiger partial charge >= 0.3 is 0 Å². The first-order chi connectivity index (χ1) is 11.5. The van der Waals surface area contributed by atoms with E-state index in [1.165, 1.54) is 27.0 Å². The topological polar surface area (TPSA) is 59.3 Å². The Bertz CT molecular complexity index is 913. The molecule has 0 saturated carbocycles. The van der Waals surface area contributed by atoms with E-state index in [0.717, 1.165) is 17.2 Å². The Hall–Kier alpha value is -2.21. The summed E-state index contributed by atoms with van der Waals surface area (Å²) in [7, 11) is 0. The van der Waals surface area contributed by atoms with Crippen molar-refractivity contribution in [3.8, 4) is 0 Å². The lowest BCUT2D eigenvalue weighted by molar-refractivity contribution is 0.543. The third-order valence-corrected chi connectivity index (χ3v) is 4.97. The Morgan fingerprint density at radius 1 is 1.29 bits per heavy atom. The molecule has 0 fully saturated rings. The number of aryl methyl sites for hydroxylation is 2. The van der Waals surface area contributed by atoms with Crippen molar-refractivity contribution in [2.75, 3.05) is 5.32 Å². The summed E-state index contributed by atoms with van der Waals surface area (Å²) in [6.07, 6.45) is 0.740. The number of hydrogen-bond donors (Lipinski definition) is 1. The lowest BCUT2D eigenvalue weighted by Crippen LogP contribution is -2.19. The quantitative estimate of drug-likeness (QED) is 0.765. The SMILES string of the molecule is CCc1cc(=O)n2nc(NC(c3ccccc3C)C(C)C)sc2n1. The van der Waals surface area contributed by atoms with Gasteiger partial charge in [-0.05, 0) is 30.4 Å². The van der Waals surface area contributed by atoms with Crippen LogP contribution in [0.4, 0.5) is 5.13 Å². The lowest BCUT2D eigenvalue weighted by Gasteiger charge is -2.23. The van der Waals surface area contributed by atoms with E-state index in [9.17, 15) is 4.79 Å². The molecular weight excluding hydrogens is 320 g/mol. The average Bonchev–Trinajstić information content (AvgIpc) is 2.96. The maximum absolute atomic E-state index is 12.2. The number of nitrogens with zero attached hydrogens (tertiary/aromatic N) is 3. The molecule has 2 aromatic heterocycles. The molecular formula is C18H22N4OS. The molecule has 3 rings (SSSR count). The molecule has 24 heavy (non-hydrogen) atoms. The molecule has 2 heterocycles. The van der Waals surface area contributed by atoms with Crippen molar-refractivity contribution in [1.29, 1.82) is 0 Å². The summed E-state index contributed by atoms with van der Waals surface area (Å²) in [5, 5.41) is 8.63. The van der Waals surface area contributed by atoms with Crippen LogP contribution in [-0.4, -0.2) is 14.6 Å². The Morgan fingerprint density at radius 3 is 2.71 bits per heavy atom. The van der Waals surface area contributed by atoms with Crippen LogP contribution in [0.15, 0.2) is 35.1 Å². The zero-order valence-corrected chi connectivity index (χ0v) is 15.2. The van der Waals surface area contributed by atoms with Gasteiger partial charge in [0.25, 0.3) is 5.56 Å². The largest absolute Gasteiger partial charge is 0.353 e. The fraction of sp³-hybridized carbons (Fsp3) is 0.389. The van der Waals surface area contributed by atoms with Crippen molar-refractivity contribution in [3.63, 3.8) is 0 Å². The maximum Gasteiger partial charge on any atom is 0.275 e. The molecule has 1 atom stereocenters. The van der Waals surface area contributed by atoms with E-state index in [4.69, 9.17) is 0 Å². The minimum absolute atomic E-state index is 0.127. The van der Waals surface area contributed by atoms with E-state index in [0.29, 0.717) is 10.9 Å². The van der Waals surface area contributed by atoms with Crippen molar-refractivity contribution in [2.45, 2.75) is 40.2 Å². The van der Waals surface area contributed by atoms with Gasteiger partial charge in [-0.1, -0.05) is 56.4 Å². The number of benzene rings is 1. The number of fused-ring (bicyclic) bond motifs is 1. The standard InChI is InChI=1S/C18H22N4OS/c1-5-13-10-15(23)22-18(19-13)24-17(21-22)20-16(11(2)3)14-9-7-6-8-12(14)4/h6-11,16H,5H2,1-4H3,(H,20,21). The van der Waals surface area contributed by atoms with E-state index in [2.05, 4.69) is 54.4 Å². The predicted molar refractivity (Wildman–Crippen MR) is 98.9 cm³/mol. The third-order valence-electron chi connectivity index (χ3n) is 4.13. The van der Waals surface area contributed by atoms with Crippen LogP contribution in [0, 0.1) is 12.8 Å². The number of nitrogens with one attached hydrogen (secondary N) is 1. The zero-order valence-electron chi connectivity index (χ0n) is 14.4. The lowest BCUT2D eigenvalue weighted by atomic mass is 9.93. The number of rotatable bonds is 5. The van der Waals surface area contributed by atoms with Gasteiger partial charge in [-0.2, -0.15) is 4.52 Å². The van der Waals surface area contributed by atoms with Crippen molar-refractivity contribution in [1.82, 2.24) is 14.6 Å². The summed E-state index contributed by atoms with van der Waals surface area (Å²) in [6.45, 7) is 8.46. The smallest absolute Gasteiger partial charge is 0.275 e. The Balaban J connectivity index is 1.99. The maximum atomic E-state index is 12.2. The Labute approximate surface area is 145 Å². The molecule has 0 spiro atoms. The van der Waals surface area contributed by atoms with Crippen LogP contribution >= 0.6 is 11.3 Å². The minimum atomic E-state index is -0.127. The van der Waals surface area contributed by atoms with Crippen molar-refractivity contribution >= 4 is 21.4 Å². The third kappa shape index (κ3) is 3.19. The number of anilines is 1. The predicted octanol–water partition coefficient (Wildman–Crippen LogP) is 3.83. The molecule has 0 bridgehead atoms. The first kappa shape index (κ1) is 16.6. The van der Waals surface area contributed by atoms with Gasteiger partial charge < -0.3 is 5.32 Å². The van der Waals surface area contributed by atoms with Crippen molar-refractivity contribution in [2.24, 2.45) is 5.92 Å². The molecule has 126 valence electrons. The number of hydrogen-bond acceptors (Lipinski definition) is 5. The molecule has 3 aromatic rings. The van der Waals surface area contributed by atoms with E-state index in [1.807, 2.05) is 13.0 Å². The first-order valence-corrected chi connectivity index (χ1v) is 9.03. The summed E-state index contributed by atoms with van der Waals surface area (Å²) < 4.78 is 1.38. The first-order valence-electron chi connectivity index (χ1n) is 8.21. The molecule has 0 aliphatic rings. The number of aromatic nitrogens is 3. The van der Waals surface area contributed by atoms with Crippen molar-refractivity contribution < 1.29 is 0 Å². The Morgan fingerprint density at radius 2 is 2.04 bits per heavy atom. The highest BCUT2D eigenvalue weighted by atomic mass is 32.1.